The van der Waals surface area contributed by atoms with Crippen molar-refractivity contribution < 1.29 is 14.3 Å². The number of hydrogen-bond donors (Lipinski definition) is 2. The summed E-state index contributed by atoms with van der Waals surface area (Å²) in [5, 5.41) is 3.12. The molecule has 5 heteroatoms. The fraction of sp³-hybridized carbons (Fsp3) is 0.333. The first-order valence-electron chi connectivity index (χ1n) is 9.05. The van der Waals surface area contributed by atoms with E-state index >= 15 is 0 Å². The van der Waals surface area contributed by atoms with E-state index in [0.29, 0.717) is 16.9 Å². The van der Waals surface area contributed by atoms with Crippen LogP contribution < -0.4 is 15.8 Å². The van der Waals surface area contributed by atoms with Gasteiger partial charge in [-0.2, -0.15) is 0 Å². The van der Waals surface area contributed by atoms with Crippen LogP contribution in [0.25, 0.3) is 0 Å². The van der Waals surface area contributed by atoms with Gasteiger partial charge in [0.25, 0.3) is 11.8 Å². The Morgan fingerprint density at radius 1 is 1.04 bits per heavy atom. The Bertz CT molecular complexity index is 782. The topological polar surface area (TPSA) is 81.4 Å². The van der Waals surface area contributed by atoms with Crippen LogP contribution in [-0.2, 0) is 6.61 Å². The zero-order valence-electron chi connectivity index (χ0n) is 14.7. The van der Waals surface area contributed by atoms with Crippen LogP contribution in [-0.4, -0.2) is 17.9 Å². The second-order valence-corrected chi connectivity index (χ2v) is 6.66. The number of carbonyl (C=O) groups excluding carboxylic acids is 2. The molecule has 26 heavy (non-hydrogen) atoms. The predicted octanol–water partition coefficient (Wildman–Crippen LogP) is 3.43. The molecule has 0 radical (unpaired) electrons. The van der Waals surface area contributed by atoms with Gasteiger partial charge in [0.2, 0.25) is 0 Å². The average molecular weight is 352 g/mol. The van der Waals surface area contributed by atoms with E-state index in [0.717, 1.165) is 18.4 Å². The lowest BCUT2D eigenvalue weighted by atomic mass is 9.95. The van der Waals surface area contributed by atoms with Gasteiger partial charge in [0.15, 0.2) is 0 Å². The third-order valence-corrected chi connectivity index (χ3v) is 4.68. The fourth-order valence-electron chi connectivity index (χ4n) is 3.28. The molecule has 136 valence electrons. The summed E-state index contributed by atoms with van der Waals surface area (Å²) in [6.07, 6.45) is 5.72. The summed E-state index contributed by atoms with van der Waals surface area (Å²) in [4.78, 5) is 23.9. The number of amides is 2. The van der Waals surface area contributed by atoms with Gasteiger partial charge in [-0.3, -0.25) is 9.59 Å². The molecule has 0 bridgehead atoms. The number of nitrogens with two attached hydrogens (primary N) is 1. The molecule has 3 N–H and O–H groups in total. The quantitative estimate of drug-likeness (QED) is 0.836. The Labute approximate surface area is 153 Å². The van der Waals surface area contributed by atoms with Gasteiger partial charge in [0.1, 0.15) is 12.4 Å². The van der Waals surface area contributed by atoms with E-state index in [4.69, 9.17) is 10.5 Å². The number of benzene rings is 2. The van der Waals surface area contributed by atoms with Gasteiger partial charge in [0.05, 0.1) is 5.56 Å². The van der Waals surface area contributed by atoms with Crippen LogP contribution >= 0.6 is 0 Å². The van der Waals surface area contributed by atoms with E-state index in [1.807, 2.05) is 18.2 Å². The van der Waals surface area contributed by atoms with E-state index in [2.05, 4.69) is 5.32 Å². The van der Waals surface area contributed by atoms with Crippen molar-refractivity contribution in [1.29, 1.82) is 0 Å². The maximum Gasteiger partial charge on any atom is 0.252 e. The molecule has 0 spiro atoms. The smallest absolute Gasteiger partial charge is 0.252 e. The van der Waals surface area contributed by atoms with Crippen molar-refractivity contribution in [2.75, 3.05) is 0 Å². The highest BCUT2D eigenvalue weighted by Gasteiger charge is 2.17. The third kappa shape index (κ3) is 4.63. The van der Waals surface area contributed by atoms with Crippen LogP contribution in [0.4, 0.5) is 0 Å². The molecule has 3 rings (SSSR count). The SMILES string of the molecule is NC(=O)c1ccccc1OCc1cccc(C(=O)NC2CCCCC2)c1. The minimum Gasteiger partial charge on any atom is -0.488 e. The molecule has 1 fully saturated rings. The molecule has 1 aliphatic rings. The van der Waals surface area contributed by atoms with Crippen LogP contribution in [0.5, 0.6) is 5.75 Å². The summed E-state index contributed by atoms with van der Waals surface area (Å²) in [5.41, 5.74) is 7.20. The molecular weight excluding hydrogens is 328 g/mol. The van der Waals surface area contributed by atoms with E-state index < -0.39 is 5.91 Å². The molecule has 0 unspecified atom stereocenters. The van der Waals surface area contributed by atoms with Crippen LogP contribution in [0.2, 0.25) is 0 Å². The maximum absolute atomic E-state index is 12.5. The summed E-state index contributed by atoms with van der Waals surface area (Å²) >= 11 is 0. The third-order valence-electron chi connectivity index (χ3n) is 4.68. The molecule has 2 amide bonds. The highest BCUT2D eigenvalue weighted by Crippen LogP contribution is 2.20. The van der Waals surface area contributed by atoms with Crippen molar-refractivity contribution in [1.82, 2.24) is 5.32 Å². The Hall–Kier alpha value is -2.82. The van der Waals surface area contributed by atoms with E-state index in [9.17, 15) is 9.59 Å². The summed E-state index contributed by atoms with van der Waals surface area (Å²) in [6, 6.07) is 14.5. The minimum atomic E-state index is -0.527. The van der Waals surface area contributed by atoms with Crippen molar-refractivity contribution in [3.05, 3.63) is 65.2 Å². The molecule has 2 aromatic carbocycles. The maximum atomic E-state index is 12.5. The van der Waals surface area contributed by atoms with Gasteiger partial charge in [0, 0.05) is 11.6 Å². The number of rotatable bonds is 6. The number of hydrogen-bond acceptors (Lipinski definition) is 3. The molecule has 0 aromatic heterocycles. The zero-order valence-corrected chi connectivity index (χ0v) is 14.7. The molecular formula is C21H24N2O3. The van der Waals surface area contributed by atoms with Crippen molar-refractivity contribution in [3.8, 4) is 5.75 Å². The van der Waals surface area contributed by atoms with Crippen molar-refractivity contribution in [3.63, 3.8) is 0 Å². The van der Waals surface area contributed by atoms with Crippen LogP contribution in [0.15, 0.2) is 48.5 Å². The minimum absolute atomic E-state index is 0.0451. The number of primary amides is 1. The Morgan fingerprint density at radius 2 is 1.81 bits per heavy atom. The average Bonchev–Trinajstić information content (AvgIpc) is 2.67. The Kier molecular flexibility index (Phi) is 5.89. The second-order valence-electron chi connectivity index (χ2n) is 6.66. The molecule has 0 aliphatic heterocycles. The predicted molar refractivity (Wildman–Crippen MR) is 100 cm³/mol. The van der Waals surface area contributed by atoms with Crippen LogP contribution in [0, 0.1) is 0 Å². The summed E-state index contributed by atoms with van der Waals surface area (Å²) in [6.45, 7) is 0.259. The summed E-state index contributed by atoms with van der Waals surface area (Å²) in [7, 11) is 0. The molecule has 5 nitrogen and oxygen atoms in total. The monoisotopic (exact) mass is 352 g/mol. The van der Waals surface area contributed by atoms with Crippen molar-refractivity contribution >= 4 is 11.8 Å². The molecule has 0 saturated heterocycles. The standard InChI is InChI=1S/C21H24N2O3/c22-20(24)18-11-4-5-12-19(18)26-14-15-7-6-8-16(13-15)21(25)23-17-9-2-1-3-10-17/h4-8,11-13,17H,1-3,9-10,14H2,(H2,22,24)(H,23,25). The lowest BCUT2D eigenvalue weighted by molar-refractivity contribution is 0.0926. The van der Waals surface area contributed by atoms with Gasteiger partial charge >= 0.3 is 0 Å². The molecule has 0 heterocycles. The largest absolute Gasteiger partial charge is 0.488 e. The van der Waals surface area contributed by atoms with Crippen LogP contribution in [0.1, 0.15) is 58.4 Å². The van der Waals surface area contributed by atoms with Gasteiger partial charge in [-0.05, 0) is 42.7 Å². The molecule has 2 aromatic rings. The number of nitrogens with one attached hydrogen (secondary N) is 1. The first-order chi connectivity index (χ1) is 12.6. The van der Waals surface area contributed by atoms with Crippen LogP contribution in [0.3, 0.4) is 0 Å². The number of ether oxygens (including phenoxy) is 1. The van der Waals surface area contributed by atoms with E-state index in [1.165, 1.54) is 19.3 Å². The highest BCUT2D eigenvalue weighted by molar-refractivity contribution is 5.95. The highest BCUT2D eigenvalue weighted by atomic mass is 16.5. The van der Waals surface area contributed by atoms with Gasteiger partial charge in [-0.15, -0.1) is 0 Å². The van der Waals surface area contributed by atoms with E-state index in [1.54, 1.807) is 30.3 Å². The number of para-hydroxylation sites is 1. The van der Waals surface area contributed by atoms with Crippen molar-refractivity contribution in [2.45, 2.75) is 44.8 Å². The van der Waals surface area contributed by atoms with Crippen molar-refractivity contribution in [2.24, 2.45) is 5.73 Å². The number of carbonyl (C=O) groups is 2. The Morgan fingerprint density at radius 3 is 2.58 bits per heavy atom. The Balaban J connectivity index is 1.64. The molecule has 0 atom stereocenters. The van der Waals surface area contributed by atoms with E-state index in [-0.39, 0.29) is 18.6 Å². The molecule has 1 aliphatic carbocycles. The zero-order chi connectivity index (χ0) is 18.4. The van der Waals surface area contributed by atoms with Gasteiger partial charge in [-0.1, -0.05) is 43.5 Å². The lowest BCUT2D eigenvalue weighted by Gasteiger charge is -2.22. The first-order valence-corrected chi connectivity index (χ1v) is 9.05. The fourth-order valence-corrected chi connectivity index (χ4v) is 3.28. The van der Waals surface area contributed by atoms with Gasteiger partial charge in [-0.25, -0.2) is 0 Å². The molecule has 1 saturated carbocycles. The first kappa shape index (κ1) is 18.0. The normalized spacial score (nSPS) is 14.6. The summed E-state index contributed by atoms with van der Waals surface area (Å²) < 4.78 is 5.74. The summed E-state index contributed by atoms with van der Waals surface area (Å²) in [5.74, 6) is -0.130. The van der Waals surface area contributed by atoms with Gasteiger partial charge < -0.3 is 15.8 Å². The second kappa shape index (κ2) is 8.52. The lowest BCUT2D eigenvalue weighted by Crippen LogP contribution is -2.36.